The maximum atomic E-state index is 13.7. The summed E-state index contributed by atoms with van der Waals surface area (Å²) in [7, 11) is 0. The maximum Gasteiger partial charge on any atom is 0.171 e. The third kappa shape index (κ3) is 2.15. The van der Waals surface area contributed by atoms with E-state index in [2.05, 4.69) is 0 Å². The second-order valence-electron chi connectivity index (χ2n) is 4.32. The topological polar surface area (TPSA) is 30.2 Å². The van der Waals surface area contributed by atoms with Crippen LogP contribution in [0.5, 0.6) is 0 Å². The summed E-state index contributed by atoms with van der Waals surface area (Å²) in [4.78, 5) is 12.3. The quantitative estimate of drug-likeness (QED) is 0.661. The summed E-state index contributed by atoms with van der Waals surface area (Å²) in [6, 6.07) is 13.3. The number of carbonyl (C=O) groups excluding carboxylic acids is 1. The lowest BCUT2D eigenvalue weighted by Crippen LogP contribution is -2.04. The van der Waals surface area contributed by atoms with Gasteiger partial charge in [0.15, 0.2) is 5.78 Å². The van der Waals surface area contributed by atoms with E-state index in [0.29, 0.717) is 22.1 Å². The highest BCUT2D eigenvalue weighted by atomic mass is 19.1. The Morgan fingerprint density at radius 2 is 1.79 bits per heavy atom. The largest absolute Gasteiger partial charge is 0.469 e. The lowest BCUT2D eigenvalue weighted by molar-refractivity contribution is 0.0988. The highest BCUT2D eigenvalue weighted by Gasteiger charge is 2.13. The highest BCUT2D eigenvalue weighted by Crippen LogP contribution is 2.23. The molecule has 3 heteroatoms. The molecule has 3 aromatic rings. The number of ketones is 1. The number of rotatable bonds is 3. The van der Waals surface area contributed by atoms with Gasteiger partial charge in [-0.1, -0.05) is 24.3 Å². The van der Waals surface area contributed by atoms with Gasteiger partial charge in [0.25, 0.3) is 0 Å². The molecule has 0 unspecified atom stereocenters. The van der Waals surface area contributed by atoms with Crippen LogP contribution in [0.1, 0.15) is 16.1 Å². The normalized spacial score (nSPS) is 10.8. The van der Waals surface area contributed by atoms with Crippen molar-refractivity contribution in [2.45, 2.75) is 6.42 Å². The van der Waals surface area contributed by atoms with Crippen LogP contribution in [0.3, 0.4) is 0 Å². The minimum Gasteiger partial charge on any atom is -0.469 e. The van der Waals surface area contributed by atoms with Crippen LogP contribution >= 0.6 is 0 Å². The molecule has 2 nitrogen and oxygen atoms in total. The van der Waals surface area contributed by atoms with Gasteiger partial charge in [-0.25, -0.2) is 4.39 Å². The molecule has 0 amide bonds. The number of fused-ring (bicyclic) bond motifs is 1. The summed E-state index contributed by atoms with van der Waals surface area (Å²) in [6.07, 6.45) is 1.72. The molecule has 0 bridgehead atoms. The Labute approximate surface area is 109 Å². The predicted octanol–water partition coefficient (Wildman–Crippen LogP) is 4.00. The fourth-order valence-electron chi connectivity index (χ4n) is 2.17. The van der Waals surface area contributed by atoms with E-state index in [-0.39, 0.29) is 18.0 Å². The lowest BCUT2D eigenvalue weighted by Gasteiger charge is -2.05. The van der Waals surface area contributed by atoms with Crippen LogP contribution in [0.15, 0.2) is 59.2 Å². The van der Waals surface area contributed by atoms with Crippen molar-refractivity contribution >= 4 is 16.6 Å². The number of furan rings is 1. The van der Waals surface area contributed by atoms with Crippen LogP contribution in [0.2, 0.25) is 0 Å². The van der Waals surface area contributed by atoms with E-state index < -0.39 is 0 Å². The zero-order valence-electron chi connectivity index (χ0n) is 10.1. The van der Waals surface area contributed by atoms with Gasteiger partial charge in [0.2, 0.25) is 0 Å². The van der Waals surface area contributed by atoms with E-state index in [4.69, 9.17) is 4.42 Å². The summed E-state index contributed by atoms with van der Waals surface area (Å²) >= 11 is 0. The molecular weight excluding hydrogens is 243 g/mol. The van der Waals surface area contributed by atoms with Gasteiger partial charge in [-0.2, -0.15) is 0 Å². The Balaban J connectivity index is 2.05. The number of benzene rings is 2. The Morgan fingerprint density at radius 1 is 1.00 bits per heavy atom. The van der Waals surface area contributed by atoms with Crippen molar-refractivity contribution in [3.8, 4) is 0 Å². The zero-order valence-corrected chi connectivity index (χ0v) is 10.1. The molecule has 0 aliphatic rings. The van der Waals surface area contributed by atoms with E-state index in [1.807, 2.05) is 0 Å². The van der Waals surface area contributed by atoms with Gasteiger partial charge in [0.1, 0.15) is 11.6 Å². The van der Waals surface area contributed by atoms with Gasteiger partial charge in [-0.05, 0) is 29.7 Å². The lowest BCUT2D eigenvalue weighted by atomic mass is 9.99. The van der Waals surface area contributed by atoms with E-state index in [1.165, 1.54) is 18.4 Å². The van der Waals surface area contributed by atoms with Gasteiger partial charge in [-0.15, -0.1) is 0 Å². The van der Waals surface area contributed by atoms with Gasteiger partial charge < -0.3 is 4.42 Å². The average Bonchev–Trinajstić information content (AvgIpc) is 2.92. The van der Waals surface area contributed by atoms with Crippen molar-refractivity contribution in [2.75, 3.05) is 0 Å². The monoisotopic (exact) mass is 254 g/mol. The number of hydrogen-bond donors (Lipinski definition) is 0. The Morgan fingerprint density at radius 3 is 2.53 bits per heavy atom. The van der Waals surface area contributed by atoms with Crippen LogP contribution in [0.4, 0.5) is 4.39 Å². The third-order valence-corrected chi connectivity index (χ3v) is 3.09. The molecule has 0 aliphatic heterocycles. The van der Waals surface area contributed by atoms with Crippen LogP contribution in [0, 0.1) is 5.82 Å². The SMILES string of the molecule is O=C(Cc1ccco1)c1ccc(F)c2ccccc12. The number of carbonyl (C=O) groups is 1. The van der Waals surface area contributed by atoms with E-state index >= 15 is 0 Å². The Kier molecular flexibility index (Phi) is 2.88. The molecule has 19 heavy (non-hydrogen) atoms. The van der Waals surface area contributed by atoms with Crippen molar-refractivity contribution in [3.05, 3.63) is 71.9 Å². The molecule has 0 saturated heterocycles. The van der Waals surface area contributed by atoms with Gasteiger partial charge in [0.05, 0.1) is 12.7 Å². The van der Waals surface area contributed by atoms with Gasteiger partial charge in [0, 0.05) is 10.9 Å². The van der Waals surface area contributed by atoms with E-state index in [1.54, 1.807) is 36.4 Å². The summed E-state index contributed by atoms with van der Waals surface area (Å²) in [5.41, 5.74) is 0.522. The van der Waals surface area contributed by atoms with E-state index in [0.717, 1.165) is 0 Å². The van der Waals surface area contributed by atoms with Gasteiger partial charge >= 0.3 is 0 Å². The standard InChI is InChI=1S/C16H11FO2/c17-15-8-7-14(12-5-1-2-6-13(12)15)16(18)10-11-4-3-9-19-11/h1-9H,10H2. The first kappa shape index (κ1) is 11.7. The Hall–Kier alpha value is -2.42. The molecule has 0 N–H and O–H groups in total. The Bertz CT molecular complexity index is 730. The van der Waals surface area contributed by atoms with Crippen molar-refractivity contribution in [1.82, 2.24) is 0 Å². The smallest absolute Gasteiger partial charge is 0.171 e. The first-order chi connectivity index (χ1) is 9.25. The molecule has 0 saturated carbocycles. The van der Waals surface area contributed by atoms with Crippen LogP contribution < -0.4 is 0 Å². The van der Waals surface area contributed by atoms with Crippen LogP contribution in [-0.4, -0.2) is 5.78 Å². The molecule has 2 aromatic carbocycles. The summed E-state index contributed by atoms with van der Waals surface area (Å²) < 4.78 is 18.8. The third-order valence-electron chi connectivity index (χ3n) is 3.09. The molecule has 94 valence electrons. The van der Waals surface area contributed by atoms with Crippen molar-refractivity contribution < 1.29 is 13.6 Å². The summed E-state index contributed by atoms with van der Waals surface area (Å²) in [5, 5.41) is 1.10. The average molecular weight is 254 g/mol. The minimum absolute atomic E-state index is 0.0776. The first-order valence-electron chi connectivity index (χ1n) is 5.98. The molecule has 0 fully saturated rings. The van der Waals surface area contributed by atoms with E-state index in [9.17, 15) is 9.18 Å². The van der Waals surface area contributed by atoms with Gasteiger partial charge in [-0.3, -0.25) is 4.79 Å². The molecule has 0 aliphatic carbocycles. The van der Waals surface area contributed by atoms with Crippen molar-refractivity contribution in [2.24, 2.45) is 0 Å². The minimum atomic E-state index is -0.315. The molecule has 0 radical (unpaired) electrons. The predicted molar refractivity (Wildman–Crippen MR) is 70.6 cm³/mol. The highest BCUT2D eigenvalue weighted by molar-refractivity contribution is 6.08. The number of Topliss-reactive ketones (excluding diaryl/α,β-unsaturated/α-hetero) is 1. The molecule has 1 aromatic heterocycles. The maximum absolute atomic E-state index is 13.7. The molecular formula is C16H11FO2. The molecule has 0 spiro atoms. The molecule has 0 atom stereocenters. The van der Waals surface area contributed by atoms with Crippen LogP contribution in [-0.2, 0) is 6.42 Å². The first-order valence-corrected chi connectivity index (χ1v) is 5.98. The molecule has 1 heterocycles. The van der Waals surface area contributed by atoms with Crippen molar-refractivity contribution in [1.29, 1.82) is 0 Å². The van der Waals surface area contributed by atoms with Crippen molar-refractivity contribution in [3.63, 3.8) is 0 Å². The van der Waals surface area contributed by atoms with Crippen LogP contribution in [0.25, 0.3) is 10.8 Å². The summed E-state index contributed by atoms with van der Waals surface area (Å²) in [6.45, 7) is 0. The second-order valence-corrected chi connectivity index (χ2v) is 4.32. The summed E-state index contributed by atoms with van der Waals surface area (Å²) in [5.74, 6) is 0.217. The molecule has 3 rings (SSSR count). The fourth-order valence-corrected chi connectivity index (χ4v) is 2.17. The zero-order chi connectivity index (χ0) is 13.2. The number of hydrogen-bond acceptors (Lipinski definition) is 2. The number of halogens is 1. The fraction of sp³-hybridized carbons (Fsp3) is 0.0625. The second kappa shape index (κ2) is 4.69.